The minimum absolute atomic E-state index is 0.0597. The summed E-state index contributed by atoms with van der Waals surface area (Å²) >= 11 is 0. The molecule has 0 radical (unpaired) electrons. The fraction of sp³-hybridized carbons (Fsp3) is 0. The lowest BCUT2D eigenvalue weighted by molar-refractivity contribution is -0.384. The van der Waals surface area contributed by atoms with E-state index in [1.807, 2.05) is 0 Å². The van der Waals surface area contributed by atoms with Gasteiger partial charge in [0.15, 0.2) is 5.76 Å². The predicted molar refractivity (Wildman–Crippen MR) is 72.7 cm³/mol. The molecule has 0 saturated carbocycles. The number of nitro benzene ring substituents is 1. The highest BCUT2D eigenvalue weighted by Gasteiger charge is 2.16. The molecule has 0 unspecified atom stereocenters. The summed E-state index contributed by atoms with van der Waals surface area (Å²) < 4.78 is 18.5. The van der Waals surface area contributed by atoms with Crippen LogP contribution in [-0.4, -0.2) is 10.7 Å². The quantitative estimate of drug-likeness (QED) is 0.417. The molecule has 0 aliphatic carbocycles. The Morgan fingerprint density at radius 1 is 1.10 bits per heavy atom. The van der Waals surface area contributed by atoms with Crippen LogP contribution in [0.1, 0.15) is 16.1 Å². The van der Waals surface area contributed by atoms with Gasteiger partial charge in [-0.2, -0.15) is 0 Å². The highest BCUT2D eigenvalue weighted by Crippen LogP contribution is 2.23. The number of furan rings is 1. The molecular weight excluding hydrogens is 277 g/mol. The number of hydrogen-bond donors (Lipinski definition) is 0. The lowest BCUT2D eigenvalue weighted by Gasteiger charge is -1.97. The monoisotopic (exact) mass is 285 g/mol. The molecular formula is C15H8FNO4. The van der Waals surface area contributed by atoms with Crippen molar-refractivity contribution in [2.75, 3.05) is 0 Å². The van der Waals surface area contributed by atoms with Crippen LogP contribution in [-0.2, 0) is 0 Å². The van der Waals surface area contributed by atoms with E-state index in [1.165, 1.54) is 48.5 Å². The van der Waals surface area contributed by atoms with Crippen molar-refractivity contribution in [1.29, 1.82) is 0 Å². The van der Waals surface area contributed by atoms with E-state index in [0.717, 1.165) is 0 Å². The first kappa shape index (κ1) is 13.0. The number of nitrogens with zero attached hydrogens (tertiary/aromatic N) is 1. The van der Waals surface area contributed by atoms with E-state index < -0.39 is 16.5 Å². The summed E-state index contributed by atoms with van der Waals surface area (Å²) in [6, 6.07) is 10.6. The van der Waals surface area contributed by atoms with Crippen molar-refractivity contribution >= 4 is 22.4 Å². The smallest absolute Gasteiger partial charge is 0.269 e. The van der Waals surface area contributed by atoms with Crippen LogP contribution in [0, 0.1) is 15.9 Å². The van der Waals surface area contributed by atoms with Gasteiger partial charge in [-0.3, -0.25) is 14.9 Å². The van der Waals surface area contributed by atoms with Crippen LogP contribution in [0.25, 0.3) is 11.0 Å². The summed E-state index contributed by atoms with van der Waals surface area (Å²) in [5.41, 5.74) is 0.569. The minimum atomic E-state index is -0.543. The number of benzene rings is 2. The van der Waals surface area contributed by atoms with Gasteiger partial charge in [0.25, 0.3) is 5.69 Å². The van der Waals surface area contributed by atoms with Crippen molar-refractivity contribution in [3.8, 4) is 0 Å². The van der Waals surface area contributed by atoms with E-state index in [2.05, 4.69) is 0 Å². The Hall–Kier alpha value is -3.02. The maximum absolute atomic E-state index is 13.1. The van der Waals surface area contributed by atoms with Crippen molar-refractivity contribution in [3.05, 3.63) is 75.8 Å². The normalized spacial score (nSPS) is 10.7. The minimum Gasteiger partial charge on any atom is -0.453 e. The number of halogens is 1. The number of rotatable bonds is 3. The molecule has 0 spiro atoms. The van der Waals surface area contributed by atoms with Gasteiger partial charge in [-0.05, 0) is 36.4 Å². The van der Waals surface area contributed by atoms with Crippen LogP contribution in [0.3, 0.4) is 0 Å². The van der Waals surface area contributed by atoms with Crippen LogP contribution >= 0.6 is 0 Å². The molecule has 0 aliphatic rings. The Labute approximate surface area is 117 Å². The zero-order valence-corrected chi connectivity index (χ0v) is 10.6. The number of hydrogen-bond acceptors (Lipinski definition) is 4. The van der Waals surface area contributed by atoms with E-state index in [0.29, 0.717) is 11.0 Å². The zero-order chi connectivity index (χ0) is 15.0. The molecule has 104 valence electrons. The number of fused-ring (bicyclic) bond motifs is 1. The number of carbonyl (C=O) groups excluding carboxylic acids is 1. The van der Waals surface area contributed by atoms with Crippen molar-refractivity contribution < 1.29 is 18.5 Å². The van der Waals surface area contributed by atoms with Gasteiger partial charge < -0.3 is 4.42 Å². The van der Waals surface area contributed by atoms with E-state index in [9.17, 15) is 19.3 Å². The Kier molecular flexibility index (Phi) is 2.98. The largest absolute Gasteiger partial charge is 0.453 e. The van der Waals surface area contributed by atoms with E-state index in [-0.39, 0.29) is 17.0 Å². The van der Waals surface area contributed by atoms with Gasteiger partial charge in [0.2, 0.25) is 5.78 Å². The fourth-order valence-corrected chi connectivity index (χ4v) is 2.00. The molecule has 1 heterocycles. The molecule has 5 nitrogen and oxygen atoms in total. The van der Waals surface area contributed by atoms with Crippen LogP contribution in [0.5, 0.6) is 0 Å². The van der Waals surface area contributed by atoms with E-state index in [1.54, 1.807) is 0 Å². The summed E-state index contributed by atoms with van der Waals surface area (Å²) in [7, 11) is 0. The molecule has 0 bridgehead atoms. The maximum atomic E-state index is 13.1. The summed E-state index contributed by atoms with van der Waals surface area (Å²) in [4.78, 5) is 22.2. The zero-order valence-electron chi connectivity index (χ0n) is 10.6. The maximum Gasteiger partial charge on any atom is 0.269 e. The number of carbonyl (C=O) groups is 1. The molecule has 2 aromatic carbocycles. The number of non-ortho nitro benzene ring substituents is 1. The van der Waals surface area contributed by atoms with Crippen LogP contribution in [0.2, 0.25) is 0 Å². The first-order valence-electron chi connectivity index (χ1n) is 6.03. The SMILES string of the molecule is O=C(c1ccc([N+](=O)[O-])cc1)c1cc2cc(F)ccc2o1. The second-order valence-corrected chi connectivity index (χ2v) is 4.43. The lowest BCUT2D eigenvalue weighted by Crippen LogP contribution is -1.99. The summed E-state index contributed by atoms with van der Waals surface area (Å²) in [5.74, 6) is -0.774. The van der Waals surface area contributed by atoms with Gasteiger partial charge in [0.1, 0.15) is 11.4 Å². The average molecular weight is 285 g/mol. The molecule has 21 heavy (non-hydrogen) atoms. The third kappa shape index (κ3) is 2.38. The standard InChI is InChI=1S/C15H8FNO4/c16-11-3-6-13-10(7-11)8-14(21-13)15(18)9-1-4-12(5-2-9)17(19)20/h1-8H. The van der Waals surface area contributed by atoms with Gasteiger partial charge in [-0.25, -0.2) is 4.39 Å². The topological polar surface area (TPSA) is 73.3 Å². The summed E-state index contributed by atoms with van der Waals surface area (Å²) in [6.07, 6.45) is 0. The number of nitro groups is 1. The van der Waals surface area contributed by atoms with Gasteiger partial charge in [0.05, 0.1) is 4.92 Å². The fourth-order valence-electron chi connectivity index (χ4n) is 2.00. The Balaban J connectivity index is 1.97. The van der Waals surface area contributed by atoms with Gasteiger partial charge in [-0.15, -0.1) is 0 Å². The highest BCUT2D eigenvalue weighted by molar-refractivity contribution is 6.09. The molecule has 0 aliphatic heterocycles. The lowest BCUT2D eigenvalue weighted by atomic mass is 10.1. The first-order chi connectivity index (χ1) is 10.0. The third-order valence-corrected chi connectivity index (χ3v) is 3.04. The molecule has 6 heteroatoms. The second-order valence-electron chi connectivity index (χ2n) is 4.43. The molecule has 3 rings (SSSR count). The molecule has 3 aromatic rings. The summed E-state index contributed by atoms with van der Waals surface area (Å²) in [5, 5.41) is 11.1. The van der Waals surface area contributed by atoms with Gasteiger partial charge in [-0.1, -0.05) is 0 Å². The van der Waals surface area contributed by atoms with Gasteiger partial charge in [0, 0.05) is 23.1 Å². The van der Waals surface area contributed by atoms with Crippen LogP contribution in [0.4, 0.5) is 10.1 Å². The Bertz CT molecular complexity index is 852. The molecule has 0 saturated heterocycles. The first-order valence-corrected chi connectivity index (χ1v) is 6.03. The second kappa shape index (κ2) is 4.82. The van der Waals surface area contributed by atoms with Crippen molar-refractivity contribution in [2.24, 2.45) is 0 Å². The molecule has 1 aromatic heterocycles. The Morgan fingerprint density at radius 2 is 1.81 bits per heavy atom. The van der Waals surface area contributed by atoms with Crippen LogP contribution < -0.4 is 0 Å². The van der Waals surface area contributed by atoms with Crippen molar-refractivity contribution in [3.63, 3.8) is 0 Å². The van der Waals surface area contributed by atoms with Crippen LogP contribution in [0.15, 0.2) is 52.9 Å². The molecule has 0 amide bonds. The van der Waals surface area contributed by atoms with E-state index >= 15 is 0 Å². The molecule has 0 N–H and O–H groups in total. The Morgan fingerprint density at radius 3 is 2.48 bits per heavy atom. The predicted octanol–water partition coefficient (Wildman–Crippen LogP) is 3.71. The van der Waals surface area contributed by atoms with Crippen molar-refractivity contribution in [2.45, 2.75) is 0 Å². The number of ketones is 1. The highest BCUT2D eigenvalue weighted by atomic mass is 19.1. The molecule has 0 atom stereocenters. The molecule has 0 fully saturated rings. The van der Waals surface area contributed by atoms with Crippen molar-refractivity contribution in [1.82, 2.24) is 0 Å². The average Bonchev–Trinajstić information content (AvgIpc) is 2.89. The van der Waals surface area contributed by atoms with E-state index in [4.69, 9.17) is 4.42 Å². The third-order valence-electron chi connectivity index (χ3n) is 3.04. The summed E-state index contributed by atoms with van der Waals surface area (Å²) in [6.45, 7) is 0. The van der Waals surface area contributed by atoms with Gasteiger partial charge >= 0.3 is 0 Å².